The normalized spacial score (nSPS) is 13.1. The average molecular weight is 296 g/mol. The van der Waals surface area contributed by atoms with E-state index in [9.17, 15) is 13.2 Å². The molecule has 7 nitrogen and oxygen atoms in total. The third kappa shape index (κ3) is 3.03. The molecule has 2 heterocycles. The fourth-order valence-corrected chi connectivity index (χ4v) is 2.73. The summed E-state index contributed by atoms with van der Waals surface area (Å²) >= 11 is 0. The van der Waals surface area contributed by atoms with Crippen molar-refractivity contribution < 1.29 is 22.7 Å². The van der Waals surface area contributed by atoms with Gasteiger partial charge < -0.3 is 9.52 Å². The van der Waals surface area contributed by atoms with Gasteiger partial charge in [0.25, 0.3) is 10.0 Å². The van der Waals surface area contributed by atoms with Crippen LogP contribution in [-0.2, 0) is 10.0 Å². The highest BCUT2D eigenvalue weighted by Crippen LogP contribution is 2.18. The Hall–Kier alpha value is -2.19. The number of rotatable bonds is 5. The van der Waals surface area contributed by atoms with Crippen molar-refractivity contribution >= 4 is 16.0 Å². The van der Waals surface area contributed by atoms with E-state index in [0.717, 1.165) is 12.1 Å². The lowest BCUT2D eigenvalue weighted by Crippen LogP contribution is -2.26. The molecule has 0 aliphatic rings. The summed E-state index contributed by atoms with van der Waals surface area (Å²) in [4.78, 5) is 14.6. The van der Waals surface area contributed by atoms with Gasteiger partial charge in [0, 0.05) is 18.4 Å². The number of pyridine rings is 1. The van der Waals surface area contributed by atoms with Crippen LogP contribution >= 0.6 is 0 Å². The van der Waals surface area contributed by atoms with Gasteiger partial charge in [0.2, 0.25) is 10.9 Å². The van der Waals surface area contributed by atoms with Crippen molar-refractivity contribution in [2.75, 3.05) is 0 Å². The molecule has 0 unspecified atom stereocenters. The van der Waals surface area contributed by atoms with E-state index in [1.165, 1.54) is 6.20 Å². The molecule has 0 radical (unpaired) electrons. The van der Waals surface area contributed by atoms with Crippen molar-refractivity contribution in [3.63, 3.8) is 0 Å². The van der Waals surface area contributed by atoms with Crippen molar-refractivity contribution in [3.05, 3.63) is 48.0 Å². The first-order chi connectivity index (χ1) is 9.40. The van der Waals surface area contributed by atoms with Gasteiger partial charge in [-0.3, -0.25) is 4.98 Å². The molecule has 2 rings (SSSR count). The molecule has 8 heteroatoms. The molecular weight excluding hydrogens is 284 g/mol. The Bertz CT molecular complexity index is 708. The minimum absolute atomic E-state index is 0.431. The highest BCUT2D eigenvalue weighted by atomic mass is 32.2. The highest BCUT2D eigenvalue weighted by molar-refractivity contribution is 7.89. The van der Waals surface area contributed by atoms with Crippen LogP contribution in [0.4, 0.5) is 0 Å². The van der Waals surface area contributed by atoms with Gasteiger partial charge in [-0.25, -0.2) is 17.9 Å². The van der Waals surface area contributed by atoms with Crippen LogP contribution in [0.5, 0.6) is 0 Å². The second-order valence-corrected chi connectivity index (χ2v) is 5.70. The van der Waals surface area contributed by atoms with E-state index in [1.807, 2.05) is 0 Å². The number of furan rings is 1. The van der Waals surface area contributed by atoms with Gasteiger partial charge in [-0.2, -0.15) is 0 Å². The Labute approximate surface area is 115 Å². The first kappa shape index (κ1) is 14.2. The van der Waals surface area contributed by atoms with Crippen molar-refractivity contribution in [3.8, 4) is 0 Å². The van der Waals surface area contributed by atoms with E-state index in [-0.39, 0.29) is 0 Å². The monoisotopic (exact) mass is 296 g/mol. The number of aromatic nitrogens is 1. The maximum Gasteiger partial charge on any atom is 0.371 e. The molecule has 0 saturated heterocycles. The van der Waals surface area contributed by atoms with Crippen LogP contribution in [0.15, 0.2) is 46.2 Å². The molecule has 0 fully saturated rings. The molecule has 1 atom stereocenters. The molecule has 106 valence electrons. The predicted molar refractivity (Wildman–Crippen MR) is 68.6 cm³/mol. The lowest BCUT2D eigenvalue weighted by atomic mass is 10.2. The van der Waals surface area contributed by atoms with Crippen LogP contribution in [0.3, 0.4) is 0 Å². The Morgan fingerprint density at radius 2 is 2.15 bits per heavy atom. The van der Waals surface area contributed by atoms with Gasteiger partial charge in [0.1, 0.15) is 0 Å². The molecule has 20 heavy (non-hydrogen) atoms. The SMILES string of the molecule is C[C@H](NS(=O)(=O)c1ccc(C(=O)O)o1)c1cccnc1. The topological polar surface area (TPSA) is 110 Å². The third-order valence-electron chi connectivity index (χ3n) is 2.57. The molecule has 0 spiro atoms. The van der Waals surface area contributed by atoms with Gasteiger partial charge in [0.15, 0.2) is 0 Å². The van der Waals surface area contributed by atoms with Crippen LogP contribution in [0.2, 0.25) is 0 Å². The summed E-state index contributed by atoms with van der Waals surface area (Å²) in [6, 6.07) is 5.08. The van der Waals surface area contributed by atoms with E-state index in [0.29, 0.717) is 5.56 Å². The van der Waals surface area contributed by atoms with E-state index < -0.39 is 32.9 Å². The fourth-order valence-electron chi connectivity index (χ4n) is 1.57. The molecule has 0 aliphatic carbocycles. The van der Waals surface area contributed by atoms with Crippen LogP contribution in [0.1, 0.15) is 29.1 Å². The van der Waals surface area contributed by atoms with E-state index in [1.54, 1.807) is 25.3 Å². The molecule has 2 N–H and O–H groups in total. The summed E-state index contributed by atoms with van der Waals surface area (Å²) in [6.45, 7) is 1.65. The minimum atomic E-state index is -3.93. The van der Waals surface area contributed by atoms with Crippen molar-refractivity contribution in [1.82, 2.24) is 9.71 Å². The average Bonchev–Trinajstić information content (AvgIpc) is 2.90. The molecule has 2 aromatic heterocycles. The molecule has 0 aromatic carbocycles. The zero-order valence-corrected chi connectivity index (χ0v) is 11.3. The number of aromatic carboxylic acids is 1. The van der Waals surface area contributed by atoms with Gasteiger partial charge >= 0.3 is 5.97 Å². The number of hydrogen-bond acceptors (Lipinski definition) is 5. The summed E-state index contributed by atoms with van der Waals surface area (Å²) in [5.41, 5.74) is 0.682. The van der Waals surface area contributed by atoms with Gasteiger partial charge in [-0.05, 0) is 30.7 Å². The third-order valence-corrected chi connectivity index (χ3v) is 3.99. The lowest BCUT2D eigenvalue weighted by Gasteiger charge is -2.12. The summed E-state index contributed by atoms with van der Waals surface area (Å²) in [5.74, 6) is -1.76. The summed E-state index contributed by atoms with van der Waals surface area (Å²) in [7, 11) is -3.93. The second-order valence-electron chi connectivity index (χ2n) is 4.05. The number of carboxylic acid groups (broad SMARTS) is 1. The number of hydrogen-bond donors (Lipinski definition) is 2. The van der Waals surface area contributed by atoms with E-state index in [4.69, 9.17) is 9.52 Å². The maximum atomic E-state index is 12.0. The van der Waals surface area contributed by atoms with Crippen LogP contribution < -0.4 is 4.72 Å². The molecular formula is C12H12N2O5S. The Kier molecular flexibility index (Phi) is 3.86. The van der Waals surface area contributed by atoms with Crippen LogP contribution in [0.25, 0.3) is 0 Å². The maximum absolute atomic E-state index is 12.0. The lowest BCUT2D eigenvalue weighted by molar-refractivity contribution is 0.0656. The van der Waals surface area contributed by atoms with Crippen molar-refractivity contribution in [2.24, 2.45) is 0 Å². The van der Waals surface area contributed by atoms with E-state index in [2.05, 4.69) is 9.71 Å². The Morgan fingerprint density at radius 3 is 2.70 bits per heavy atom. The fraction of sp³-hybridized carbons (Fsp3) is 0.167. The minimum Gasteiger partial charge on any atom is -0.475 e. The van der Waals surface area contributed by atoms with Crippen LogP contribution in [0, 0.1) is 0 Å². The molecule has 0 saturated carbocycles. The molecule has 2 aromatic rings. The smallest absolute Gasteiger partial charge is 0.371 e. The molecule has 0 aliphatic heterocycles. The van der Waals surface area contributed by atoms with Gasteiger partial charge in [-0.1, -0.05) is 6.07 Å². The highest BCUT2D eigenvalue weighted by Gasteiger charge is 2.23. The zero-order chi connectivity index (χ0) is 14.8. The first-order valence-corrected chi connectivity index (χ1v) is 7.14. The van der Waals surface area contributed by atoms with Crippen molar-refractivity contribution in [1.29, 1.82) is 0 Å². The summed E-state index contributed by atoms with van der Waals surface area (Å²) in [6.07, 6.45) is 3.12. The quantitative estimate of drug-likeness (QED) is 0.863. The number of sulfonamides is 1. The number of nitrogens with zero attached hydrogens (tertiary/aromatic N) is 1. The Morgan fingerprint density at radius 1 is 1.40 bits per heavy atom. The number of carbonyl (C=O) groups is 1. The zero-order valence-electron chi connectivity index (χ0n) is 10.5. The standard InChI is InChI=1S/C12H12N2O5S/c1-8(9-3-2-6-13-7-9)14-20(17,18)11-5-4-10(19-11)12(15)16/h2-8,14H,1H3,(H,15,16)/t8-/m0/s1. The van der Waals surface area contributed by atoms with Gasteiger partial charge in [0.05, 0.1) is 0 Å². The molecule has 0 amide bonds. The molecule has 0 bridgehead atoms. The van der Waals surface area contributed by atoms with Gasteiger partial charge in [-0.15, -0.1) is 0 Å². The second kappa shape index (κ2) is 5.43. The number of carboxylic acids is 1. The van der Waals surface area contributed by atoms with E-state index >= 15 is 0 Å². The summed E-state index contributed by atoms with van der Waals surface area (Å²) < 4.78 is 31.2. The summed E-state index contributed by atoms with van der Waals surface area (Å²) in [5, 5.41) is 8.27. The first-order valence-electron chi connectivity index (χ1n) is 5.65. The van der Waals surface area contributed by atoms with Crippen LogP contribution in [-0.4, -0.2) is 24.5 Å². The largest absolute Gasteiger partial charge is 0.475 e. The number of nitrogens with one attached hydrogen (secondary N) is 1. The Balaban J connectivity index is 2.20. The predicted octanol–water partition coefficient (Wildman–Crippen LogP) is 1.41. The van der Waals surface area contributed by atoms with Crippen molar-refractivity contribution in [2.45, 2.75) is 18.1 Å².